The summed E-state index contributed by atoms with van der Waals surface area (Å²) >= 11 is 0. The monoisotopic (exact) mass is 380 g/mol. The molecule has 2 rings (SSSR count). The van der Waals surface area contributed by atoms with Crippen molar-refractivity contribution in [3.8, 4) is 11.5 Å². The topological polar surface area (TPSA) is 20.2 Å². The summed E-state index contributed by atoms with van der Waals surface area (Å²) in [5, 5.41) is 11.7. The second-order valence-electron chi connectivity index (χ2n) is 9.26. The smallest absolute Gasteiger partial charge is 0.150 e. The van der Waals surface area contributed by atoms with Crippen molar-refractivity contribution in [2.75, 3.05) is 0 Å². The molecule has 2 aromatic rings. The lowest BCUT2D eigenvalue weighted by Crippen LogP contribution is -2.38. The fourth-order valence-electron chi connectivity index (χ4n) is 3.15. The minimum atomic E-state index is -1.59. The first-order valence-corrected chi connectivity index (χ1v) is 16.5. The summed E-state index contributed by atoms with van der Waals surface area (Å²) in [6.07, 6.45) is 0.647. The summed E-state index contributed by atoms with van der Waals surface area (Å²) in [5.41, 5.74) is 4.88. The van der Waals surface area contributed by atoms with Crippen LogP contribution in [0.5, 0.6) is 0 Å². The zero-order chi connectivity index (χ0) is 19.4. The van der Waals surface area contributed by atoms with E-state index in [-0.39, 0.29) is 0 Å². The van der Waals surface area contributed by atoms with Crippen molar-refractivity contribution in [1.82, 2.24) is 0 Å². The van der Waals surface area contributed by atoms with Gasteiger partial charge in [0.15, 0.2) is 5.60 Å². The van der Waals surface area contributed by atoms with Crippen LogP contribution in [-0.2, 0) is 5.60 Å². The van der Waals surface area contributed by atoms with Crippen molar-refractivity contribution in [3.05, 3.63) is 71.8 Å². The van der Waals surface area contributed by atoms with Crippen LogP contribution in [0.15, 0.2) is 60.7 Å². The highest BCUT2D eigenvalue weighted by molar-refractivity contribution is 6.83. The van der Waals surface area contributed by atoms with Crippen LogP contribution >= 0.6 is 0 Å². The van der Waals surface area contributed by atoms with Gasteiger partial charge in [0.2, 0.25) is 0 Å². The van der Waals surface area contributed by atoms with Crippen LogP contribution in [0.2, 0.25) is 39.3 Å². The summed E-state index contributed by atoms with van der Waals surface area (Å²) in [6.45, 7) is 13.8. The van der Waals surface area contributed by atoms with E-state index in [0.29, 0.717) is 12.0 Å². The van der Waals surface area contributed by atoms with Gasteiger partial charge in [-0.1, -0.05) is 106 Å². The Hall–Kier alpha value is -1.61. The maximum absolute atomic E-state index is 11.7. The van der Waals surface area contributed by atoms with Gasteiger partial charge in [-0.3, -0.25) is 0 Å². The molecule has 0 fully saturated rings. The predicted molar refractivity (Wildman–Crippen MR) is 119 cm³/mol. The second-order valence-corrected chi connectivity index (χ2v) is 19.4. The molecule has 26 heavy (non-hydrogen) atoms. The normalized spacial score (nSPS) is 15.5. The molecule has 0 heterocycles. The molecule has 0 aliphatic rings. The number of rotatable bonds is 5. The first-order valence-electron chi connectivity index (χ1n) is 9.38. The molecule has 0 amide bonds. The largest absolute Gasteiger partial charge is 0.373 e. The fraction of sp³-hybridized carbons (Fsp3) is 0.391. The Morgan fingerprint density at radius 1 is 0.846 bits per heavy atom. The Morgan fingerprint density at radius 2 is 1.35 bits per heavy atom. The zero-order valence-corrected chi connectivity index (χ0v) is 19.0. The number of benzene rings is 2. The minimum Gasteiger partial charge on any atom is -0.373 e. The molecule has 0 aliphatic carbocycles. The molecule has 3 heteroatoms. The molecule has 1 N–H and O–H groups in total. The third kappa shape index (κ3) is 5.70. The van der Waals surface area contributed by atoms with Crippen LogP contribution in [0.1, 0.15) is 23.1 Å². The number of hydrogen-bond acceptors (Lipinski definition) is 1. The van der Waals surface area contributed by atoms with Crippen LogP contribution in [-0.4, -0.2) is 21.3 Å². The second kappa shape index (κ2) is 7.96. The first-order chi connectivity index (χ1) is 12.0. The van der Waals surface area contributed by atoms with Gasteiger partial charge < -0.3 is 5.11 Å². The molecular weight excluding hydrogens is 348 g/mol. The predicted octanol–water partition coefficient (Wildman–Crippen LogP) is 5.81. The molecular formula is C23H32OSi2. The molecule has 0 saturated carbocycles. The Kier molecular flexibility index (Phi) is 6.34. The molecule has 0 aromatic heterocycles. The van der Waals surface area contributed by atoms with E-state index in [1.807, 2.05) is 30.3 Å². The molecule has 0 bridgehead atoms. The summed E-state index contributed by atoms with van der Waals surface area (Å²) in [4.78, 5) is 0. The van der Waals surface area contributed by atoms with Crippen LogP contribution in [0.25, 0.3) is 0 Å². The van der Waals surface area contributed by atoms with E-state index < -0.39 is 21.7 Å². The average molecular weight is 381 g/mol. The van der Waals surface area contributed by atoms with E-state index in [4.69, 9.17) is 0 Å². The van der Waals surface area contributed by atoms with E-state index in [2.05, 4.69) is 81.1 Å². The van der Waals surface area contributed by atoms with E-state index in [1.165, 1.54) is 5.56 Å². The van der Waals surface area contributed by atoms with Crippen molar-refractivity contribution in [2.24, 2.45) is 0 Å². The van der Waals surface area contributed by atoms with Gasteiger partial charge >= 0.3 is 0 Å². The highest BCUT2D eigenvalue weighted by atomic mass is 28.3. The van der Waals surface area contributed by atoms with Crippen molar-refractivity contribution >= 4 is 16.1 Å². The average Bonchev–Trinajstić information content (AvgIpc) is 2.58. The Morgan fingerprint density at radius 3 is 1.81 bits per heavy atom. The lowest BCUT2D eigenvalue weighted by atomic mass is 9.88. The maximum atomic E-state index is 11.7. The van der Waals surface area contributed by atoms with Gasteiger partial charge in [-0.15, -0.1) is 5.54 Å². The van der Waals surface area contributed by atoms with Crippen molar-refractivity contribution < 1.29 is 5.11 Å². The molecule has 1 nitrogen and oxygen atoms in total. The van der Waals surface area contributed by atoms with Crippen molar-refractivity contribution in [2.45, 2.75) is 56.8 Å². The molecule has 2 unspecified atom stereocenters. The van der Waals surface area contributed by atoms with Crippen LogP contribution in [0.3, 0.4) is 0 Å². The third-order valence-electron chi connectivity index (χ3n) is 4.64. The van der Waals surface area contributed by atoms with Crippen LogP contribution in [0.4, 0.5) is 0 Å². The molecule has 2 atom stereocenters. The van der Waals surface area contributed by atoms with Crippen molar-refractivity contribution in [3.63, 3.8) is 0 Å². The van der Waals surface area contributed by atoms with Gasteiger partial charge in [0.1, 0.15) is 8.07 Å². The Bertz CT molecular complexity index is 761. The zero-order valence-electron chi connectivity index (χ0n) is 17.0. The highest BCUT2D eigenvalue weighted by Crippen LogP contribution is 2.38. The summed E-state index contributed by atoms with van der Waals surface area (Å²) in [6, 6.07) is 20.6. The standard InChI is InChI=1S/C23H32OSi2/c1-25(2,3)18-17-23(24,21-15-11-8-12-16-21)19-22(26(4,5)6)20-13-9-7-10-14-20/h7-16,22,24H,19H2,1-6H3. The number of hydrogen-bond donors (Lipinski definition) is 1. The van der Waals surface area contributed by atoms with Crippen LogP contribution in [0, 0.1) is 11.5 Å². The van der Waals surface area contributed by atoms with Gasteiger partial charge in [-0.2, -0.15) is 0 Å². The number of aliphatic hydroxyl groups is 1. The summed E-state index contributed by atoms with van der Waals surface area (Å²) in [5.74, 6) is 3.31. The van der Waals surface area contributed by atoms with E-state index in [9.17, 15) is 5.11 Å². The molecule has 0 radical (unpaired) electrons. The first kappa shape index (κ1) is 20.7. The Balaban J connectivity index is 2.52. The summed E-state index contributed by atoms with van der Waals surface area (Å²) in [7, 11) is -3.15. The van der Waals surface area contributed by atoms with Gasteiger partial charge in [0, 0.05) is 0 Å². The quantitative estimate of drug-likeness (QED) is 0.513. The molecule has 0 saturated heterocycles. The molecule has 0 spiro atoms. The molecule has 2 aromatic carbocycles. The fourth-order valence-corrected chi connectivity index (χ4v) is 5.83. The van der Waals surface area contributed by atoms with E-state index in [1.54, 1.807) is 0 Å². The van der Waals surface area contributed by atoms with Gasteiger partial charge in [-0.25, -0.2) is 0 Å². The maximum Gasteiger partial charge on any atom is 0.150 e. The van der Waals surface area contributed by atoms with Gasteiger partial charge in [0.25, 0.3) is 0 Å². The molecule has 138 valence electrons. The summed E-state index contributed by atoms with van der Waals surface area (Å²) < 4.78 is 0. The Labute approximate surface area is 161 Å². The van der Waals surface area contributed by atoms with E-state index >= 15 is 0 Å². The SMILES string of the molecule is C[Si](C)(C)C#CC(O)(CC(c1ccccc1)[Si](C)(C)C)c1ccccc1. The van der Waals surface area contributed by atoms with Crippen LogP contribution < -0.4 is 0 Å². The lowest BCUT2D eigenvalue weighted by molar-refractivity contribution is 0.0881. The lowest BCUT2D eigenvalue weighted by Gasteiger charge is -2.35. The third-order valence-corrected chi connectivity index (χ3v) is 8.15. The minimum absolute atomic E-state index is 0.338. The van der Waals surface area contributed by atoms with E-state index in [0.717, 1.165) is 5.56 Å². The highest BCUT2D eigenvalue weighted by Gasteiger charge is 2.37. The van der Waals surface area contributed by atoms with Gasteiger partial charge in [0.05, 0.1) is 8.07 Å². The van der Waals surface area contributed by atoms with Gasteiger partial charge in [-0.05, 0) is 23.1 Å². The molecule has 0 aliphatic heterocycles. The van der Waals surface area contributed by atoms with Crippen molar-refractivity contribution in [1.29, 1.82) is 0 Å².